The smallest absolute Gasteiger partial charge is 0.0326 e. The lowest BCUT2D eigenvalue weighted by Crippen LogP contribution is -2.31. The Hall–Kier alpha value is -0.340. The fourth-order valence-electron chi connectivity index (χ4n) is 2.41. The molecule has 0 heterocycles. The molecule has 1 aromatic carbocycles. The zero-order chi connectivity index (χ0) is 13.3. The number of aryl methyl sites for hydroxylation is 1. The van der Waals surface area contributed by atoms with Crippen molar-refractivity contribution in [1.82, 2.24) is 5.32 Å². The Bertz CT molecular complexity index is 420. The summed E-state index contributed by atoms with van der Waals surface area (Å²) in [6.07, 6.45) is 2.45. The molecule has 2 atom stereocenters. The van der Waals surface area contributed by atoms with Crippen molar-refractivity contribution in [3.05, 3.63) is 33.8 Å². The Kier molecular flexibility index (Phi) is 4.18. The lowest BCUT2D eigenvalue weighted by atomic mass is 9.82. The first kappa shape index (κ1) is 14.1. The van der Waals surface area contributed by atoms with Crippen LogP contribution in [0.15, 0.2) is 22.7 Å². The van der Waals surface area contributed by atoms with Crippen LogP contribution in [0.3, 0.4) is 0 Å². The van der Waals surface area contributed by atoms with Crippen molar-refractivity contribution in [3.63, 3.8) is 0 Å². The number of benzene rings is 1. The SMILES string of the molecule is CC(CNC1CCc2ccc(Br)cc21)C(C)(C)C. The summed E-state index contributed by atoms with van der Waals surface area (Å²) in [6.45, 7) is 10.4. The predicted molar refractivity (Wildman–Crippen MR) is 81.8 cm³/mol. The van der Waals surface area contributed by atoms with Crippen molar-refractivity contribution in [2.24, 2.45) is 11.3 Å². The second-order valence-electron chi connectivity index (χ2n) is 6.61. The van der Waals surface area contributed by atoms with E-state index in [4.69, 9.17) is 0 Å². The maximum Gasteiger partial charge on any atom is 0.0326 e. The summed E-state index contributed by atoms with van der Waals surface area (Å²) in [6, 6.07) is 7.23. The van der Waals surface area contributed by atoms with E-state index in [-0.39, 0.29) is 0 Å². The highest BCUT2D eigenvalue weighted by Crippen LogP contribution is 2.34. The number of hydrogen-bond acceptors (Lipinski definition) is 1. The third-order valence-electron chi connectivity index (χ3n) is 4.33. The maximum atomic E-state index is 3.75. The van der Waals surface area contributed by atoms with E-state index in [1.165, 1.54) is 28.4 Å². The van der Waals surface area contributed by atoms with Crippen LogP contribution in [0.25, 0.3) is 0 Å². The van der Waals surface area contributed by atoms with Crippen LogP contribution in [-0.4, -0.2) is 6.54 Å². The second kappa shape index (κ2) is 5.34. The Morgan fingerprint density at radius 1 is 1.39 bits per heavy atom. The van der Waals surface area contributed by atoms with Crippen LogP contribution in [0, 0.1) is 11.3 Å². The lowest BCUT2D eigenvalue weighted by molar-refractivity contribution is 0.245. The van der Waals surface area contributed by atoms with E-state index >= 15 is 0 Å². The third kappa shape index (κ3) is 3.16. The van der Waals surface area contributed by atoms with Gasteiger partial charge in [0, 0.05) is 10.5 Å². The molecular weight excluding hydrogens is 286 g/mol. The van der Waals surface area contributed by atoms with Gasteiger partial charge in [-0.05, 0) is 54.0 Å². The van der Waals surface area contributed by atoms with Crippen LogP contribution in [-0.2, 0) is 6.42 Å². The van der Waals surface area contributed by atoms with E-state index in [1.54, 1.807) is 0 Å². The molecule has 1 N–H and O–H groups in total. The molecule has 1 aromatic rings. The van der Waals surface area contributed by atoms with Crippen LogP contribution < -0.4 is 5.32 Å². The summed E-state index contributed by atoms with van der Waals surface area (Å²) in [4.78, 5) is 0. The van der Waals surface area contributed by atoms with Gasteiger partial charge in [-0.1, -0.05) is 49.7 Å². The molecular formula is C16H24BrN. The Balaban J connectivity index is 2.00. The summed E-state index contributed by atoms with van der Waals surface area (Å²) in [5, 5.41) is 3.75. The van der Waals surface area contributed by atoms with Gasteiger partial charge in [-0.15, -0.1) is 0 Å². The number of nitrogens with one attached hydrogen (secondary N) is 1. The second-order valence-corrected chi connectivity index (χ2v) is 7.53. The van der Waals surface area contributed by atoms with Gasteiger partial charge in [0.25, 0.3) is 0 Å². The molecule has 0 spiro atoms. The largest absolute Gasteiger partial charge is 0.310 e. The van der Waals surface area contributed by atoms with Gasteiger partial charge in [0.1, 0.15) is 0 Å². The van der Waals surface area contributed by atoms with E-state index in [0.29, 0.717) is 17.4 Å². The minimum absolute atomic E-state index is 0.381. The van der Waals surface area contributed by atoms with Gasteiger partial charge in [-0.25, -0.2) is 0 Å². The molecule has 2 heteroatoms. The van der Waals surface area contributed by atoms with Crippen molar-refractivity contribution >= 4 is 15.9 Å². The molecule has 18 heavy (non-hydrogen) atoms. The quantitative estimate of drug-likeness (QED) is 0.852. The van der Waals surface area contributed by atoms with Crippen molar-refractivity contribution in [2.45, 2.75) is 46.6 Å². The number of hydrogen-bond donors (Lipinski definition) is 1. The van der Waals surface area contributed by atoms with Crippen molar-refractivity contribution < 1.29 is 0 Å². The van der Waals surface area contributed by atoms with Gasteiger partial charge < -0.3 is 5.32 Å². The van der Waals surface area contributed by atoms with E-state index < -0.39 is 0 Å². The van der Waals surface area contributed by atoms with Crippen molar-refractivity contribution in [3.8, 4) is 0 Å². The highest BCUT2D eigenvalue weighted by Gasteiger charge is 2.25. The summed E-state index contributed by atoms with van der Waals surface area (Å²) in [5.74, 6) is 0.689. The fourth-order valence-corrected chi connectivity index (χ4v) is 2.79. The molecule has 1 aliphatic rings. The third-order valence-corrected chi connectivity index (χ3v) is 4.83. The van der Waals surface area contributed by atoms with Crippen LogP contribution in [0.2, 0.25) is 0 Å². The Labute approximate surface area is 119 Å². The maximum absolute atomic E-state index is 3.75. The molecule has 0 saturated heterocycles. The van der Waals surface area contributed by atoms with Gasteiger partial charge in [-0.3, -0.25) is 0 Å². The molecule has 0 fully saturated rings. The molecule has 2 rings (SSSR count). The zero-order valence-corrected chi connectivity index (χ0v) is 13.5. The molecule has 100 valence electrons. The minimum Gasteiger partial charge on any atom is -0.310 e. The van der Waals surface area contributed by atoms with Crippen LogP contribution >= 0.6 is 15.9 Å². The molecule has 0 saturated carbocycles. The molecule has 2 unspecified atom stereocenters. The summed E-state index contributed by atoms with van der Waals surface area (Å²) >= 11 is 3.58. The summed E-state index contributed by atoms with van der Waals surface area (Å²) in [7, 11) is 0. The van der Waals surface area contributed by atoms with E-state index in [0.717, 1.165) is 6.54 Å². The molecule has 0 radical (unpaired) electrons. The fraction of sp³-hybridized carbons (Fsp3) is 0.625. The van der Waals surface area contributed by atoms with Crippen LogP contribution in [0.4, 0.5) is 0 Å². The lowest BCUT2D eigenvalue weighted by Gasteiger charge is -2.29. The predicted octanol–water partition coefficient (Wildman–Crippen LogP) is 4.71. The monoisotopic (exact) mass is 309 g/mol. The standard InChI is InChI=1S/C16H24BrN/c1-11(16(2,3)4)10-18-15-8-6-12-5-7-13(17)9-14(12)15/h5,7,9,11,15,18H,6,8,10H2,1-4H3. The van der Waals surface area contributed by atoms with E-state index in [9.17, 15) is 0 Å². The Morgan fingerprint density at radius 3 is 2.78 bits per heavy atom. The van der Waals surface area contributed by atoms with Gasteiger partial charge in [0.05, 0.1) is 0 Å². The molecule has 0 aliphatic heterocycles. The van der Waals surface area contributed by atoms with Gasteiger partial charge >= 0.3 is 0 Å². The zero-order valence-electron chi connectivity index (χ0n) is 11.9. The topological polar surface area (TPSA) is 12.0 Å². The van der Waals surface area contributed by atoms with E-state index in [1.807, 2.05) is 0 Å². The van der Waals surface area contributed by atoms with Crippen molar-refractivity contribution in [1.29, 1.82) is 0 Å². The first-order valence-corrected chi connectivity index (χ1v) is 7.69. The Morgan fingerprint density at radius 2 is 2.11 bits per heavy atom. The van der Waals surface area contributed by atoms with Gasteiger partial charge in [-0.2, -0.15) is 0 Å². The highest BCUT2D eigenvalue weighted by molar-refractivity contribution is 9.10. The first-order chi connectivity index (χ1) is 8.38. The van der Waals surface area contributed by atoms with Gasteiger partial charge in [0.2, 0.25) is 0 Å². The molecule has 1 nitrogen and oxygen atoms in total. The van der Waals surface area contributed by atoms with Crippen LogP contribution in [0.1, 0.15) is 51.3 Å². The molecule has 0 amide bonds. The number of rotatable bonds is 3. The molecule has 1 aliphatic carbocycles. The van der Waals surface area contributed by atoms with Crippen molar-refractivity contribution in [2.75, 3.05) is 6.54 Å². The highest BCUT2D eigenvalue weighted by atomic mass is 79.9. The number of fused-ring (bicyclic) bond motifs is 1. The summed E-state index contributed by atoms with van der Waals surface area (Å²) in [5.41, 5.74) is 3.38. The minimum atomic E-state index is 0.381. The average molecular weight is 310 g/mol. The normalized spacial score (nSPS) is 20.8. The van der Waals surface area contributed by atoms with Gasteiger partial charge in [0.15, 0.2) is 0 Å². The number of halogens is 1. The average Bonchev–Trinajstić information content (AvgIpc) is 2.67. The molecule has 0 bridgehead atoms. The molecule has 0 aromatic heterocycles. The van der Waals surface area contributed by atoms with Crippen LogP contribution in [0.5, 0.6) is 0 Å². The summed E-state index contributed by atoms with van der Waals surface area (Å²) < 4.78 is 1.19. The first-order valence-electron chi connectivity index (χ1n) is 6.89. The van der Waals surface area contributed by atoms with E-state index in [2.05, 4.69) is 67.1 Å².